The SMILES string of the molecule is CCCNc1ccc([N+](=O)[O-])c(NCC(O)(CC)CC)n1. The van der Waals surface area contributed by atoms with Gasteiger partial charge in [0.25, 0.3) is 0 Å². The first-order chi connectivity index (χ1) is 9.95. The summed E-state index contributed by atoms with van der Waals surface area (Å²) in [5.74, 6) is 0.767. The second-order valence-corrected chi connectivity index (χ2v) is 5.03. The van der Waals surface area contributed by atoms with Gasteiger partial charge in [-0.1, -0.05) is 20.8 Å². The maximum Gasteiger partial charge on any atom is 0.311 e. The van der Waals surface area contributed by atoms with Crippen molar-refractivity contribution in [1.29, 1.82) is 0 Å². The number of aromatic nitrogens is 1. The highest BCUT2D eigenvalue weighted by Crippen LogP contribution is 2.25. The van der Waals surface area contributed by atoms with Gasteiger partial charge in [-0.2, -0.15) is 0 Å². The van der Waals surface area contributed by atoms with Gasteiger partial charge in [0.1, 0.15) is 5.82 Å². The maximum atomic E-state index is 11.1. The van der Waals surface area contributed by atoms with Crippen LogP contribution in [0.5, 0.6) is 0 Å². The lowest BCUT2D eigenvalue weighted by atomic mass is 9.98. The van der Waals surface area contributed by atoms with E-state index in [2.05, 4.69) is 15.6 Å². The lowest BCUT2D eigenvalue weighted by Gasteiger charge is -2.25. The van der Waals surface area contributed by atoms with Gasteiger partial charge in [0.05, 0.1) is 10.5 Å². The molecule has 1 heterocycles. The highest BCUT2D eigenvalue weighted by molar-refractivity contribution is 5.60. The van der Waals surface area contributed by atoms with Crippen molar-refractivity contribution in [3.8, 4) is 0 Å². The number of aliphatic hydroxyl groups is 1. The molecule has 0 aliphatic rings. The first-order valence-corrected chi connectivity index (χ1v) is 7.31. The molecular weight excluding hydrogens is 272 g/mol. The molecule has 7 nitrogen and oxygen atoms in total. The summed E-state index contributed by atoms with van der Waals surface area (Å²) in [5, 5.41) is 27.3. The topological polar surface area (TPSA) is 100 Å². The number of rotatable bonds is 9. The van der Waals surface area contributed by atoms with E-state index < -0.39 is 10.5 Å². The van der Waals surface area contributed by atoms with Crippen LogP contribution in [0.4, 0.5) is 17.3 Å². The first-order valence-electron chi connectivity index (χ1n) is 7.31. The largest absolute Gasteiger partial charge is 0.388 e. The molecule has 0 radical (unpaired) electrons. The molecule has 0 unspecified atom stereocenters. The van der Waals surface area contributed by atoms with Gasteiger partial charge >= 0.3 is 5.69 Å². The van der Waals surface area contributed by atoms with Crippen LogP contribution in [0.15, 0.2) is 12.1 Å². The summed E-state index contributed by atoms with van der Waals surface area (Å²) in [6, 6.07) is 3.01. The van der Waals surface area contributed by atoms with Crippen molar-refractivity contribution in [1.82, 2.24) is 4.98 Å². The van der Waals surface area contributed by atoms with Crippen molar-refractivity contribution in [2.24, 2.45) is 0 Å². The van der Waals surface area contributed by atoms with Crippen LogP contribution in [0.25, 0.3) is 0 Å². The molecule has 0 atom stereocenters. The van der Waals surface area contributed by atoms with Gasteiger partial charge in [0.15, 0.2) is 0 Å². The summed E-state index contributed by atoms with van der Waals surface area (Å²) in [6.45, 7) is 6.77. The number of anilines is 2. The Hall–Kier alpha value is -1.89. The second kappa shape index (κ2) is 7.78. The van der Waals surface area contributed by atoms with Crippen LogP contribution < -0.4 is 10.6 Å². The molecular formula is C14H24N4O3. The van der Waals surface area contributed by atoms with Gasteiger partial charge in [-0.15, -0.1) is 0 Å². The predicted octanol–water partition coefficient (Wildman–Crippen LogP) is 2.77. The number of nitro groups is 1. The average molecular weight is 296 g/mol. The lowest BCUT2D eigenvalue weighted by Crippen LogP contribution is -2.35. The molecule has 0 saturated heterocycles. The minimum absolute atomic E-state index is 0.0911. The molecule has 0 amide bonds. The molecule has 0 aliphatic carbocycles. The minimum Gasteiger partial charge on any atom is -0.388 e. The third-order valence-electron chi connectivity index (χ3n) is 3.53. The van der Waals surface area contributed by atoms with Gasteiger partial charge in [-0.05, 0) is 25.3 Å². The zero-order chi connectivity index (χ0) is 15.9. The third-order valence-corrected chi connectivity index (χ3v) is 3.53. The molecule has 1 aromatic heterocycles. The van der Waals surface area contributed by atoms with Gasteiger partial charge in [-0.3, -0.25) is 10.1 Å². The van der Waals surface area contributed by atoms with E-state index in [4.69, 9.17) is 0 Å². The molecule has 0 spiro atoms. The summed E-state index contributed by atoms with van der Waals surface area (Å²) >= 11 is 0. The fourth-order valence-corrected chi connectivity index (χ4v) is 1.83. The lowest BCUT2D eigenvalue weighted by molar-refractivity contribution is -0.384. The van der Waals surface area contributed by atoms with Gasteiger partial charge in [0, 0.05) is 19.2 Å². The molecule has 21 heavy (non-hydrogen) atoms. The maximum absolute atomic E-state index is 11.1. The van der Waals surface area contributed by atoms with Crippen LogP contribution in [-0.4, -0.2) is 33.7 Å². The molecule has 0 bridgehead atoms. The normalized spacial score (nSPS) is 11.2. The minimum atomic E-state index is -0.887. The van der Waals surface area contributed by atoms with E-state index in [1.54, 1.807) is 6.07 Å². The Morgan fingerprint density at radius 1 is 1.29 bits per heavy atom. The number of hydrogen-bond acceptors (Lipinski definition) is 6. The van der Waals surface area contributed by atoms with Gasteiger partial charge < -0.3 is 15.7 Å². The molecule has 0 aromatic carbocycles. The molecule has 1 aromatic rings. The van der Waals surface area contributed by atoms with Crippen LogP contribution in [0, 0.1) is 10.1 Å². The fourth-order valence-electron chi connectivity index (χ4n) is 1.83. The Balaban J connectivity index is 2.93. The van der Waals surface area contributed by atoms with Crippen molar-refractivity contribution in [2.45, 2.75) is 45.6 Å². The van der Waals surface area contributed by atoms with Crippen LogP contribution in [-0.2, 0) is 0 Å². The predicted molar refractivity (Wildman–Crippen MR) is 83.7 cm³/mol. The van der Waals surface area contributed by atoms with E-state index in [-0.39, 0.29) is 18.1 Å². The zero-order valence-corrected chi connectivity index (χ0v) is 12.8. The van der Waals surface area contributed by atoms with Gasteiger partial charge in [-0.25, -0.2) is 4.98 Å². The summed E-state index contributed by atoms with van der Waals surface area (Å²) < 4.78 is 0. The fraction of sp³-hybridized carbons (Fsp3) is 0.643. The monoisotopic (exact) mass is 296 g/mol. The highest BCUT2D eigenvalue weighted by atomic mass is 16.6. The van der Waals surface area contributed by atoms with Crippen molar-refractivity contribution in [2.75, 3.05) is 23.7 Å². The molecule has 7 heteroatoms. The third kappa shape index (κ3) is 4.86. The van der Waals surface area contributed by atoms with E-state index in [1.807, 2.05) is 20.8 Å². The van der Waals surface area contributed by atoms with Crippen molar-refractivity contribution < 1.29 is 10.0 Å². The van der Waals surface area contributed by atoms with Crippen molar-refractivity contribution in [3.05, 3.63) is 22.2 Å². The summed E-state index contributed by atoms with van der Waals surface area (Å²) in [6.07, 6.45) is 2.07. The smallest absolute Gasteiger partial charge is 0.311 e. The Morgan fingerprint density at radius 3 is 2.48 bits per heavy atom. The van der Waals surface area contributed by atoms with Crippen LogP contribution in [0.3, 0.4) is 0 Å². The molecule has 118 valence electrons. The first kappa shape index (κ1) is 17.2. The number of nitrogens with one attached hydrogen (secondary N) is 2. The van der Waals surface area contributed by atoms with Crippen molar-refractivity contribution in [3.63, 3.8) is 0 Å². The van der Waals surface area contributed by atoms with Crippen LogP contribution in [0.2, 0.25) is 0 Å². The molecule has 1 rings (SSSR count). The Labute approximate surface area is 124 Å². The quantitative estimate of drug-likeness (QED) is 0.478. The summed E-state index contributed by atoms with van der Waals surface area (Å²) in [7, 11) is 0. The molecule has 3 N–H and O–H groups in total. The standard InChI is InChI=1S/C14H24N4O3/c1-4-9-15-12-8-7-11(18(20)21)13(17-12)16-10-14(19,5-2)6-3/h7-8,19H,4-6,9-10H2,1-3H3,(H2,15,16,17). The molecule has 0 saturated carbocycles. The van der Waals surface area contributed by atoms with E-state index in [9.17, 15) is 15.2 Å². The number of hydrogen-bond donors (Lipinski definition) is 3. The number of pyridine rings is 1. The molecule has 0 aliphatic heterocycles. The Bertz CT molecular complexity index is 475. The van der Waals surface area contributed by atoms with E-state index >= 15 is 0 Å². The van der Waals surface area contributed by atoms with Crippen LogP contribution >= 0.6 is 0 Å². The van der Waals surface area contributed by atoms with Crippen molar-refractivity contribution >= 4 is 17.3 Å². The number of nitrogens with zero attached hydrogens (tertiary/aromatic N) is 2. The zero-order valence-electron chi connectivity index (χ0n) is 12.8. The summed E-state index contributed by atoms with van der Waals surface area (Å²) in [4.78, 5) is 14.8. The second-order valence-electron chi connectivity index (χ2n) is 5.03. The average Bonchev–Trinajstić information content (AvgIpc) is 2.50. The Kier molecular flexibility index (Phi) is 6.36. The Morgan fingerprint density at radius 2 is 1.95 bits per heavy atom. The summed E-state index contributed by atoms with van der Waals surface area (Å²) in [5.41, 5.74) is -0.978. The van der Waals surface area contributed by atoms with E-state index in [1.165, 1.54) is 6.07 Å². The highest BCUT2D eigenvalue weighted by Gasteiger charge is 2.24. The van der Waals surface area contributed by atoms with E-state index in [0.29, 0.717) is 18.7 Å². The van der Waals surface area contributed by atoms with Crippen LogP contribution in [0.1, 0.15) is 40.0 Å². The van der Waals surface area contributed by atoms with Gasteiger partial charge in [0.2, 0.25) is 5.82 Å². The van der Waals surface area contributed by atoms with E-state index in [0.717, 1.165) is 13.0 Å². The molecule has 0 fully saturated rings.